The van der Waals surface area contributed by atoms with E-state index in [9.17, 15) is 9.59 Å². The first-order chi connectivity index (χ1) is 13.7. The van der Waals surface area contributed by atoms with Crippen LogP contribution in [-0.4, -0.2) is 62.6 Å². The van der Waals surface area contributed by atoms with E-state index < -0.39 is 0 Å². The first-order valence-corrected chi connectivity index (χ1v) is 10.2. The van der Waals surface area contributed by atoms with E-state index >= 15 is 0 Å². The van der Waals surface area contributed by atoms with Crippen LogP contribution in [0.4, 0.5) is 0 Å². The summed E-state index contributed by atoms with van der Waals surface area (Å²) >= 11 is 0. The standard InChI is InChI=1S/C22H29N3O3/c1-2-3-10-23-21(26)16-24-11-13-25(14-12-24)22(27)17-28-20-9-8-18-6-4-5-7-19(18)15-20/h4-9,15H,2-3,10-14,16-17H2,1H3,(H,23,26)/p+1. The smallest absolute Gasteiger partial charge is 0.275 e. The lowest BCUT2D eigenvalue weighted by molar-refractivity contribution is -0.896. The molecule has 1 aliphatic heterocycles. The monoisotopic (exact) mass is 384 g/mol. The van der Waals surface area contributed by atoms with Crippen molar-refractivity contribution in [3.05, 3.63) is 42.5 Å². The number of nitrogens with one attached hydrogen (secondary N) is 2. The molecular weight excluding hydrogens is 354 g/mol. The van der Waals surface area contributed by atoms with E-state index in [0.717, 1.165) is 43.2 Å². The summed E-state index contributed by atoms with van der Waals surface area (Å²) in [6, 6.07) is 13.9. The lowest BCUT2D eigenvalue weighted by Gasteiger charge is -2.31. The summed E-state index contributed by atoms with van der Waals surface area (Å²) in [4.78, 5) is 27.4. The highest BCUT2D eigenvalue weighted by atomic mass is 16.5. The lowest BCUT2D eigenvalue weighted by atomic mass is 10.1. The Morgan fingerprint density at radius 2 is 1.86 bits per heavy atom. The molecule has 6 nitrogen and oxygen atoms in total. The van der Waals surface area contributed by atoms with Gasteiger partial charge in [-0.05, 0) is 29.3 Å². The highest BCUT2D eigenvalue weighted by Crippen LogP contribution is 2.20. The van der Waals surface area contributed by atoms with Gasteiger partial charge in [0, 0.05) is 6.54 Å². The minimum absolute atomic E-state index is 0.000365. The molecule has 0 spiro atoms. The summed E-state index contributed by atoms with van der Waals surface area (Å²) in [5, 5.41) is 5.21. The quantitative estimate of drug-likeness (QED) is 0.664. The van der Waals surface area contributed by atoms with Gasteiger partial charge in [-0.2, -0.15) is 0 Å². The number of unbranched alkanes of at least 4 members (excludes halogenated alkanes) is 1. The maximum Gasteiger partial charge on any atom is 0.275 e. The van der Waals surface area contributed by atoms with Gasteiger partial charge in [-0.25, -0.2) is 0 Å². The number of rotatable bonds is 8. The number of ether oxygens (including phenoxy) is 1. The van der Waals surface area contributed by atoms with Crippen molar-refractivity contribution in [1.29, 1.82) is 0 Å². The van der Waals surface area contributed by atoms with Crippen molar-refractivity contribution in [1.82, 2.24) is 10.2 Å². The van der Waals surface area contributed by atoms with Crippen LogP contribution in [0.15, 0.2) is 42.5 Å². The molecule has 0 saturated carbocycles. The molecule has 0 atom stereocenters. The van der Waals surface area contributed by atoms with E-state index in [2.05, 4.69) is 18.3 Å². The number of hydrogen-bond acceptors (Lipinski definition) is 3. The normalized spacial score (nSPS) is 14.8. The molecule has 0 bridgehead atoms. The molecule has 0 aromatic heterocycles. The van der Waals surface area contributed by atoms with Crippen molar-refractivity contribution in [2.45, 2.75) is 19.8 Å². The Bertz CT molecular complexity index is 800. The first-order valence-electron chi connectivity index (χ1n) is 10.2. The molecule has 2 amide bonds. The summed E-state index contributed by atoms with van der Waals surface area (Å²) in [5.74, 6) is 0.808. The van der Waals surface area contributed by atoms with Gasteiger partial charge >= 0.3 is 0 Å². The van der Waals surface area contributed by atoms with Crippen LogP contribution in [0, 0.1) is 0 Å². The third-order valence-electron chi connectivity index (χ3n) is 5.17. The molecule has 3 rings (SSSR count). The van der Waals surface area contributed by atoms with Gasteiger partial charge in [0.25, 0.3) is 11.8 Å². The van der Waals surface area contributed by atoms with Crippen molar-refractivity contribution < 1.29 is 19.2 Å². The molecule has 2 aromatic carbocycles. The Kier molecular flexibility index (Phi) is 7.25. The molecule has 0 aliphatic carbocycles. The minimum atomic E-state index is -0.000365. The Morgan fingerprint density at radius 1 is 1.11 bits per heavy atom. The average Bonchev–Trinajstić information content (AvgIpc) is 2.72. The van der Waals surface area contributed by atoms with Crippen LogP contribution in [0.25, 0.3) is 10.8 Å². The van der Waals surface area contributed by atoms with Crippen molar-refractivity contribution in [3.63, 3.8) is 0 Å². The molecule has 150 valence electrons. The third-order valence-corrected chi connectivity index (χ3v) is 5.17. The van der Waals surface area contributed by atoms with Gasteiger partial charge in [0.1, 0.15) is 5.75 Å². The zero-order valence-corrected chi connectivity index (χ0v) is 16.6. The van der Waals surface area contributed by atoms with Gasteiger partial charge in [0.15, 0.2) is 13.2 Å². The second-order valence-corrected chi connectivity index (χ2v) is 7.31. The number of benzene rings is 2. The van der Waals surface area contributed by atoms with Gasteiger partial charge in [0.05, 0.1) is 26.2 Å². The largest absolute Gasteiger partial charge is 0.484 e. The second kappa shape index (κ2) is 10.1. The number of quaternary nitrogens is 1. The topological polar surface area (TPSA) is 63.1 Å². The summed E-state index contributed by atoms with van der Waals surface area (Å²) in [7, 11) is 0. The molecule has 0 unspecified atom stereocenters. The molecule has 1 saturated heterocycles. The Morgan fingerprint density at radius 3 is 2.61 bits per heavy atom. The number of fused-ring (bicyclic) bond motifs is 1. The van der Waals surface area contributed by atoms with E-state index in [1.807, 2.05) is 41.3 Å². The lowest BCUT2D eigenvalue weighted by Crippen LogP contribution is -3.15. The fourth-order valence-electron chi connectivity index (χ4n) is 3.44. The summed E-state index contributed by atoms with van der Waals surface area (Å²) < 4.78 is 5.71. The number of amides is 2. The van der Waals surface area contributed by atoms with E-state index in [1.54, 1.807) is 0 Å². The van der Waals surface area contributed by atoms with Gasteiger partial charge in [-0.15, -0.1) is 0 Å². The van der Waals surface area contributed by atoms with Gasteiger partial charge in [-0.3, -0.25) is 9.59 Å². The van der Waals surface area contributed by atoms with E-state index in [0.29, 0.717) is 25.4 Å². The van der Waals surface area contributed by atoms with Gasteiger partial charge in [0.2, 0.25) is 0 Å². The molecule has 0 radical (unpaired) electrons. The van der Waals surface area contributed by atoms with Crippen molar-refractivity contribution >= 4 is 22.6 Å². The average molecular weight is 385 g/mol. The zero-order chi connectivity index (χ0) is 19.8. The van der Waals surface area contributed by atoms with Crippen molar-refractivity contribution in [2.24, 2.45) is 0 Å². The SMILES string of the molecule is CCCCNC(=O)C[NH+]1CCN(C(=O)COc2ccc3ccccc3c2)CC1. The zero-order valence-electron chi connectivity index (χ0n) is 16.6. The summed E-state index contributed by atoms with van der Waals surface area (Å²) in [6.07, 6.45) is 2.09. The third kappa shape index (κ3) is 5.70. The summed E-state index contributed by atoms with van der Waals surface area (Å²) in [6.45, 7) is 6.31. The molecule has 1 fully saturated rings. The maximum absolute atomic E-state index is 12.5. The minimum Gasteiger partial charge on any atom is -0.484 e. The molecule has 28 heavy (non-hydrogen) atoms. The van der Waals surface area contributed by atoms with Crippen LogP contribution in [0.3, 0.4) is 0 Å². The van der Waals surface area contributed by atoms with Crippen LogP contribution in [0.2, 0.25) is 0 Å². The molecule has 2 N–H and O–H groups in total. The predicted molar refractivity (Wildman–Crippen MR) is 110 cm³/mol. The van der Waals surface area contributed by atoms with E-state index in [-0.39, 0.29) is 18.4 Å². The van der Waals surface area contributed by atoms with Crippen LogP contribution >= 0.6 is 0 Å². The van der Waals surface area contributed by atoms with Crippen molar-refractivity contribution in [2.75, 3.05) is 45.9 Å². The second-order valence-electron chi connectivity index (χ2n) is 7.31. The number of carbonyl (C=O) groups is 2. The molecule has 1 aliphatic rings. The summed E-state index contributed by atoms with van der Waals surface area (Å²) in [5.41, 5.74) is 0. The van der Waals surface area contributed by atoms with E-state index in [4.69, 9.17) is 4.74 Å². The number of hydrogen-bond donors (Lipinski definition) is 2. The highest BCUT2D eigenvalue weighted by molar-refractivity contribution is 5.84. The number of piperazine rings is 1. The molecule has 6 heteroatoms. The van der Waals surface area contributed by atoms with Crippen LogP contribution in [0.1, 0.15) is 19.8 Å². The predicted octanol–water partition coefficient (Wildman–Crippen LogP) is 0.862. The fraction of sp³-hybridized carbons (Fsp3) is 0.455. The first kappa shape index (κ1) is 20.1. The number of nitrogens with zero attached hydrogens (tertiary/aromatic N) is 1. The molecule has 1 heterocycles. The Labute approximate surface area is 166 Å². The van der Waals surface area contributed by atoms with Crippen LogP contribution < -0.4 is 15.0 Å². The number of carbonyl (C=O) groups excluding carboxylic acids is 2. The molecular formula is C22H30N3O3+. The Hall–Kier alpha value is -2.60. The van der Waals surface area contributed by atoms with Crippen LogP contribution in [-0.2, 0) is 9.59 Å². The fourth-order valence-corrected chi connectivity index (χ4v) is 3.44. The van der Waals surface area contributed by atoms with Gasteiger partial charge < -0.3 is 19.9 Å². The Balaban J connectivity index is 1.40. The van der Waals surface area contributed by atoms with Gasteiger partial charge in [-0.1, -0.05) is 43.7 Å². The van der Waals surface area contributed by atoms with Crippen LogP contribution in [0.5, 0.6) is 5.75 Å². The van der Waals surface area contributed by atoms with E-state index in [1.165, 1.54) is 4.90 Å². The van der Waals surface area contributed by atoms with Crippen molar-refractivity contribution in [3.8, 4) is 5.75 Å². The highest BCUT2D eigenvalue weighted by Gasteiger charge is 2.25. The molecule has 2 aromatic rings. The maximum atomic E-state index is 12.5.